The number of amides is 2. The summed E-state index contributed by atoms with van der Waals surface area (Å²) in [5.74, 6) is -1.41. The number of nitrogens with zero attached hydrogens (tertiary/aromatic N) is 2. The molecule has 0 atom stereocenters. The van der Waals surface area contributed by atoms with E-state index in [9.17, 15) is 22.4 Å². The fraction of sp³-hybridized carbons (Fsp3) is 0.125. The van der Waals surface area contributed by atoms with Crippen LogP contribution >= 0.6 is 0 Å². The summed E-state index contributed by atoms with van der Waals surface area (Å²) in [5.41, 5.74) is 5.28. The summed E-state index contributed by atoms with van der Waals surface area (Å²) in [6.45, 7) is -0.186. The van der Waals surface area contributed by atoms with E-state index in [2.05, 4.69) is 10.2 Å². The zero-order valence-electron chi connectivity index (χ0n) is 12.6. The lowest BCUT2D eigenvalue weighted by Crippen LogP contribution is -2.35. The molecule has 130 valence electrons. The number of aromatic amines is 1. The highest BCUT2D eigenvalue weighted by Crippen LogP contribution is 2.32. The van der Waals surface area contributed by atoms with Gasteiger partial charge in [0.05, 0.1) is 29.5 Å². The zero-order valence-corrected chi connectivity index (χ0v) is 12.6. The van der Waals surface area contributed by atoms with E-state index in [4.69, 9.17) is 5.73 Å². The first-order valence-electron chi connectivity index (χ1n) is 7.12. The van der Waals surface area contributed by atoms with Crippen LogP contribution in [0, 0.1) is 5.82 Å². The average Bonchev–Trinajstić information content (AvgIpc) is 2.99. The first kappa shape index (κ1) is 16.7. The molecule has 0 aliphatic heterocycles. The van der Waals surface area contributed by atoms with E-state index in [1.165, 1.54) is 6.20 Å². The number of urea groups is 1. The molecule has 0 fully saturated rings. The molecule has 0 aliphatic carbocycles. The summed E-state index contributed by atoms with van der Waals surface area (Å²) < 4.78 is 51.7. The summed E-state index contributed by atoms with van der Waals surface area (Å²) in [5, 5.41) is 7.22. The largest absolute Gasteiger partial charge is 0.419 e. The maximum atomic E-state index is 13.7. The molecule has 0 saturated heterocycles. The van der Waals surface area contributed by atoms with E-state index in [1.807, 2.05) is 0 Å². The standard InChI is InChI=1S/C16H12F4N4O/c17-12-6-9(4-5-11(12)16(18,19)20)8-24(15(21)25)14-3-1-2-13-10(14)7-22-23-13/h1-7H,8H2,(H2,21,25)(H,22,23). The van der Waals surface area contributed by atoms with E-state index in [-0.39, 0.29) is 12.1 Å². The van der Waals surface area contributed by atoms with Gasteiger partial charge in [0, 0.05) is 5.39 Å². The van der Waals surface area contributed by atoms with Crippen LogP contribution in [0.25, 0.3) is 10.9 Å². The number of nitrogens with one attached hydrogen (secondary N) is 1. The Morgan fingerprint density at radius 1 is 1.24 bits per heavy atom. The van der Waals surface area contributed by atoms with Crippen LogP contribution in [0.4, 0.5) is 28.0 Å². The maximum absolute atomic E-state index is 13.7. The average molecular weight is 352 g/mol. The molecule has 1 aromatic heterocycles. The number of nitrogens with two attached hydrogens (primary N) is 1. The second-order valence-electron chi connectivity index (χ2n) is 5.34. The molecule has 0 unspecified atom stereocenters. The van der Waals surface area contributed by atoms with Crippen LogP contribution < -0.4 is 10.6 Å². The number of alkyl halides is 3. The van der Waals surface area contributed by atoms with Crippen molar-refractivity contribution in [3.05, 3.63) is 59.5 Å². The Hall–Kier alpha value is -3.10. The van der Waals surface area contributed by atoms with E-state index in [0.717, 1.165) is 17.0 Å². The number of carbonyl (C=O) groups is 1. The summed E-state index contributed by atoms with van der Waals surface area (Å²) in [6.07, 6.45) is -3.29. The van der Waals surface area contributed by atoms with Crippen LogP contribution in [0.5, 0.6) is 0 Å². The lowest BCUT2D eigenvalue weighted by atomic mass is 10.1. The number of rotatable bonds is 3. The fourth-order valence-corrected chi connectivity index (χ4v) is 2.54. The third-order valence-electron chi connectivity index (χ3n) is 3.70. The van der Waals surface area contributed by atoms with Gasteiger partial charge in [0.1, 0.15) is 5.82 Å². The number of H-pyrrole nitrogens is 1. The van der Waals surface area contributed by atoms with Crippen LogP contribution in [0.3, 0.4) is 0 Å². The molecule has 3 rings (SSSR count). The normalized spacial score (nSPS) is 11.7. The molecule has 25 heavy (non-hydrogen) atoms. The molecule has 5 nitrogen and oxygen atoms in total. The molecule has 2 amide bonds. The Kier molecular flexibility index (Phi) is 4.07. The van der Waals surface area contributed by atoms with Crippen LogP contribution in [0.1, 0.15) is 11.1 Å². The molecule has 3 aromatic rings. The third kappa shape index (κ3) is 3.25. The number of carbonyl (C=O) groups excluding carboxylic acids is 1. The minimum atomic E-state index is -4.78. The fourth-order valence-electron chi connectivity index (χ4n) is 2.54. The van der Waals surface area contributed by atoms with Crippen molar-refractivity contribution >= 4 is 22.6 Å². The van der Waals surface area contributed by atoms with Gasteiger partial charge in [-0.05, 0) is 29.8 Å². The van der Waals surface area contributed by atoms with Crippen molar-refractivity contribution in [3.8, 4) is 0 Å². The van der Waals surface area contributed by atoms with Crippen molar-refractivity contribution in [2.24, 2.45) is 5.73 Å². The Morgan fingerprint density at radius 2 is 2.00 bits per heavy atom. The Balaban J connectivity index is 1.97. The number of hydrogen-bond donors (Lipinski definition) is 2. The van der Waals surface area contributed by atoms with Gasteiger partial charge < -0.3 is 5.73 Å². The minimum absolute atomic E-state index is 0.171. The zero-order chi connectivity index (χ0) is 18.2. The maximum Gasteiger partial charge on any atom is 0.419 e. The minimum Gasteiger partial charge on any atom is -0.351 e. The van der Waals surface area contributed by atoms with E-state index >= 15 is 0 Å². The number of primary amides is 1. The van der Waals surface area contributed by atoms with Gasteiger partial charge in [-0.1, -0.05) is 12.1 Å². The number of fused-ring (bicyclic) bond motifs is 1. The van der Waals surface area contributed by atoms with Gasteiger partial charge in [0.25, 0.3) is 0 Å². The Bertz CT molecular complexity index is 935. The van der Waals surface area contributed by atoms with Gasteiger partial charge in [-0.25, -0.2) is 9.18 Å². The van der Waals surface area contributed by atoms with Gasteiger partial charge in [-0.3, -0.25) is 10.00 Å². The topological polar surface area (TPSA) is 75.0 Å². The molecular formula is C16H12F4N4O. The highest BCUT2D eigenvalue weighted by atomic mass is 19.4. The van der Waals surface area contributed by atoms with Crippen molar-refractivity contribution in [1.82, 2.24) is 10.2 Å². The van der Waals surface area contributed by atoms with Crippen LogP contribution in [-0.4, -0.2) is 16.2 Å². The van der Waals surface area contributed by atoms with Gasteiger partial charge in [-0.15, -0.1) is 0 Å². The number of benzene rings is 2. The van der Waals surface area contributed by atoms with Crippen LogP contribution in [0.2, 0.25) is 0 Å². The number of halogens is 4. The lowest BCUT2D eigenvalue weighted by molar-refractivity contribution is -0.140. The van der Waals surface area contributed by atoms with Crippen LogP contribution in [-0.2, 0) is 12.7 Å². The van der Waals surface area contributed by atoms with Gasteiger partial charge >= 0.3 is 12.2 Å². The summed E-state index contributed by atoms with van der Waals surface area (Å²) in [7, 11) is 0. The van der Waals surface area contributed by atoms with Crippen molar-refractivity contribution in [1.29, 1.82) is 0 Å². The smallest absolute Gasteiger partial charge is 0.351 e. The molecule has 0 radical (unpaired) electrons. The second-order valence-corrected chi connectivity index (χ2v) is 5.34. The molecule has 0 saturated carbocycles. The molecule has 9 heteroatoms. The SMILES string of the molecule is NC(=O)N(Cc1ccc(C(F)(F)F)c(F)c1)c1cccc2[nH]ncc12. The first-order valence-corrected chi connectivity index (χ1v) is 7.12. The highest BCUT2D eigenvalue weighted by molar-refractivity contribution is 6.01. The molecular weight excluding hydrogens is 340 g/mol. The van der Waals surface area contributed by atoms with Gasteiger partial charge in [-0.2, -0.15) is 18.3 Å². The number of hydrogen-bond acceptors (Lipinski definition) is 2. The van der Waals surface area contributed by atoms with Crippen molar-refractivity contribution in [2.45, 2.75) is 12.7 Å². The quantitative estimate of drug-likeness (QED) is 0.704. The number of aromatic nitrogens is 2. The van der Waals surface area contributed by atoms with E-state index in [0.29, 0.717) is 22.7 Å². The van der Waals surface area contributed by atoms with E-state index < -0.39 is 23.6 Å². The molecule has 0 spiro atoms. The molecule has 2 aromatic carbocycles. The summed E-state index contributed by atoms with van der Waals surface area (Å²) in [4.78, 5) is 13.0. The molecule has 0 aliphatic rings. The molecule has 1 heterocycles. The van der Waals surface area contributed by atoms with Crippen molar-refractivity contribution < 1.29 is 22.4 Å². The van der Waals surface area contributed by atoms with Crippen molar-refractivity contribution in [3.63, 3.8) is 0 Å². The van der Waals surface area contributed by atoms with Crippen molar-refractivity contribution in [2.75, 3.05) is 4.90 Å². The molecule has 3 N–H and O–H groups in total. The predicted molar refractivity (Wildman–Crippen MR) is 83.3 cm³/mol. The third-order valence-corrected chi connectivity index (χ3v) is 3.70. The van der Waals surface area contributed by atoms with Gasteiger partial charge in [0.2, 0.25) is 0 Å². The van der Waals surface area contributed by atoms with E-state index in [1.54, 1.807) is 18.2 Å². The van der Waals surface area contributed by atoms with Crippen LogP contribution in [0.15, 0.2) is 42.6 Å². The first-order chi connectivity index (χ1) is 11.8. The summed E-state index contributed by atoms with van der Waals surface area (Å²) >= 11 is 0. The Morgan fingerprint density at radius 3 is 2.64 bits per heavy atom. The van der Waals surface area contributed by atoms with Gasteiger partial charge in [0.15, 0.2) is 0 Å². The lowest BCUT2D eigenvalue weighted by Gasteiger charge is -2.21. The Labute approximate surface area is 139 Å². The predicted octanol–water partition coefficient (Wildman–Crippen LogP) is 3.81. The summed E-state index contributed by atoms with van der Waals surface area (Å²) in [6, 6.07) is 6.69. The number of anilines is 1. The monoisotopic (exact) mass is 352 g/mol. The highest BCUT2D eigenvalue weighted by Gasteiger charge is 2.34. The molecule has 0 bridgehead atoms. The second kappa shape index (κ2) is 6.08.